The molecule has 1 aliphatic carbocycles. The summed E-state index contributed by atoms with van der Waals surface area (Å²) in [5, 5.41) is 13.8. The highest BCUT2D eigenvalue weighted by Gasteiger charge is 2.36. The predicted molar refractivity (Wildman–Crippen MR) is 94.4 cm³/mol. The molecule has 5 heteroatoms. The van der Waals surface area contributed by atoms with E-state index in [1.807, 2.05) is 18.2 Å². The van der Waals surface area contributed by atoms with Crippen LogP contribution in [0.1, 0.15) is 46.2 Å². The zero-order valence-corrected chi connectivity index (χ0v) is 14.4. The standard InChI is InChI=1S/C20H24N2O3/c1-13-16(8-11-25-13)20(24)21-15-6-9-22(10-7-15)18-12-14-4-2-3-5-17(14)19(18)23/h2-5,8,11,15,18-19,23H,6-7,9-10,12H2,1H3,(H,21,24). The fourth-order valence-corrected chi connectivity index (χ4v) is 4.14. The normalized spacial score (nSPS) is 24.2. The van der Waals surface area contributed by atoms with Gasteiger partial charge in [0.05, 0.1) is 17.9 Å². The van der Waals surface area contributed by atoms with E-state index in [0.29, 0.717) is 11.3 Å². The molecule has 0 bridgehead atoms. The highest BCUT2D eigenvalue weighted by molar-refractivity contribution is 5.95. The van der Waals surface area contributed by atoms with Crippen LogP contribution in [0.4, 0.5) is 0 Å². The van der Waals surface area contributed by atoms with Crippen molar-refractivity contribution in [2.45, 2.75) is 44.4 Å². The van der Waals surface area contributed by atoms with Gasteiger partial charge in [-0.1, -0.05) is 24.3 Å². The molecule has 0 saturated carbocycles. The van der Waals surface area contributed by atoms with Crippen molar-refractivity contribution < 1.29 is 14.3 Å². The van der Waals surface area contributed by atoms with Crippen LogP contribution in [0.5, 0.6) is 0 Å². The van der Waals surface area contributed by atoms with Crippen LogP contribution in [0.2, 0.25) is 0 Å². The number of carbonyl (C=O) groups is 1. The number of hydrogen-bond acceptors (Lipinski definition) is 4. The fourth-order valence-electron chi connectivity index (χ4n) is 4.14. The Bertz CT molecular complexity index is 762. The quantitative estimate of drug-likeness (QED) is 0.901. The lowest BCUT2D eigenvalue weighted by atomic mass is 10.0. The highest BCUT2D eigenvalue weighted by atomic mass is 16.3. The van der Waals surface area contributed by atoms with Crippen molar-refractivity contribution in [3.05, 3.63) is 59.0 Å². The van der Waals surface area contributed by atoms with Gasteiger partial charge in [-0.05, 0) is 43.4 Å². The van der Waals surface area contributed by atoms with Gasteiger partial charge in [-0.15, -0.1) is 0 Å². The van der Waals surface area contributed by atoms with Crippen LogP contribution in [-0.4, -0.2) is 41.1 Å². The Morgan fingerprint density at radius 3 is 2.68 bits per heavy atom. The Balaban J connectivity index is 1.33. The van der Waals surface area contributed by atoms with E-state index in [2.05, 4.69) is 16.3 Å². The first-order chi connectivity index (χ1) is 12.1. The number of nitrogens with zero attached hydrogens (tertiary/aromatic N) is 1. The number of likely N-dealkylation sites (tertiary alicyclic amines) is 1. The maximum absolute atomic E-state index is 12.3. The summed E-state index contributed by atoms with van der Waals surface area (Å²) < 4.78 is 5.21. The summed E-state index contributed by atoms with van der Waals surface area (Å²) >= 11 is 0. The summed E-state index contributed by atoms with van der Waals surface area (Å²) in [5.41, 5.74) is 2.94. The van der Waals surface area contributed by atoms with Gasteiger partial charge in [-0.3, -0.25) is 9.69 Å². The minimum Gasteiger partial charge on any atom is -0.469 e. The van der Waals surface area contributed by atoms with Gasteiger partial charge < -0.3 is 14.8 Å². The smallest absolute Gasteiger partial charge is 0.255 e. The molecule has 2 aromatic rings. The lowest BCUT2D eigenvalue weighted by Crippen LogP contribution is -2.49. The first-order valence-electron chi connectivity index (χ1n) is 8.98. The molecule has 2 aliphatic rings. The van der Waals surface area contributed by atoms with Crippen LogP contribution in [0.3, 0.4) is 0 Å². The fraction of sp³-hybridized carbons (Fsp3) is 0.450. The molecule has 25 heavy (non-hydrogen) atoms. The van der Waals surface area contributed by atoms with E-state index in [4.69, 9.17) is 4.42 Å². The number of fused-ring (bicyclic) bond motifs is 1. The van der Waals surface area contributed by atoms with Crippen molar-refractivity contribution in [1.29, 1.82) is 0 Å². The van der Waals surface area contributed by atoms with Gasteiger partial charge in [0, 0.05) is 25.2 Å². The molecule has 2 N–H and O–H groups in total. The number of rotatable bonds is 3. The van der Waals surface area contributed by atoms with Crippen LogP contribution in [0.25, 0.3) is 0 Å². The third-order valence-corrected chi connectivity index (χ3v) is 5.60. The van der Waals surface area contributed by atoms with E-state index in [9.17, 15) is 9.90 Å². The number of aliphatic hydroxyl groups is 1. The largest absolute Gasteiger partial charge is 0.469 e. The van der Waals surface area contributed by atoms with Crippen LogP contribution in [0.15, 0.2) is 41.0 Å². The first-order valence-corrected chi connectivity index (χ1v) is 8.98. The van der Waals surface area contributed by atoms with Crippen LogP contribution >= 0.6 is 0 Å². The van der Waals surface area contributed by atoms with E-state index in [0.717, 1.165) is 37.9 Å². The molecule has 2 unspecified atom stereocenters. The van der Waals surface area contributed by atoms with Crippen molar-refractivity contribution in [3.8, 4) is 0 Å². The SMILES string of the molecule is Cc1occc1C(=O)NC1CCN(C2Cc3ccccc3C2O)CC1. The third kappa shape index (κ3) is 3.10. The highest BCUT2D eigenvalue weighted by Crippen LogP contribution is 2.35. The minimum absolute atomic E-state index is 0.0574. The number of amides is 1. The minimum atomic E-state index is -0.407. The Morgan fingerprint density at radius 2 is 2.00 bits per heavy atom. The van der Waals surface area contributed by atoms with Gasteiger partial charge in [0.25, 0.3) is 5.91 Å². The average molecular weight is 340 g/mol. The topological polar surface area (TPSA) is 65.7 Å². The average Bonchev–Trinajstić information content (AvgIpc) is 3.20. The van der Waals surface area contributed by atoms with Crippen molar-refractivity contribution in [3.63, 3.8) is 0 Å². The molecule has 4 rings (SSSR count). The summed E-state index contributed by atoms with van der Waals surface area (Å²) in [6.07, 6.45) is 3.86. The number of carbonyl (C=O) groups excluding carboxylic acids is 1. The van der Waals surface area contributed by atoms with E-state index >= 15 is 0 Å². The monoisotopic (exact) mass is 340 g/mol. The molecule has 1 fully saturated rings. The summed E-state index contributed by atoms with van der Waals surface area (Å²) in [7, 11) is 0. The van der Waals surface area contributed by atoms with E-state index in [1.54, 1.807) is 19.3 Å². The lowest BCUT2D eigenvalue weighted by Gasteiger charge is -2.37. The molecule has 0 spiro atoms. The molecule has 132 valence electrons. The number of aliphatic hydroxyl groups excluding tert-OH is 1. The Kier molecular flexibility index (Phi) is 4.36. The summed E-state index contributed by atoms with van der Waals surface area (Å²) in [4.78, 5) is 14.7. The molecular formula is C20H24N2O3. The van der Waals surface area contributed by atoms with E-state index in [1.165, 1.54) is 5.56 Å². The molecule has 0 radical (unpaired) electrons. The predicted octanol–water partition coefficient (Wildman–Crippen LogP) is 2.44. The second kappa shape index (κ2) is 6.65. The zero-order valence-electron chi connectivity index (χ0n) is 14.4. The lowest BCUT2D eigenvalue weighted by molar-refractivity contribution is 0.0427. The van der Waals surface area contributed by atoms with Gasteiger partial charge in [-0.2, -0.15) is 0 Å². The number of nitrogens with one attached hydrogen (secondary N) is 1. The molecule has 1 saturated heterocycles. The summed E-state index contributed by atoms with van der Waals surface area (Å²) in [5.74, 6) is 0.597. The Hall–Kier alpha value is -2.11. The number of benzene rings is 1. The van der Waals surface area contributed by atoms with Crippen molar-refractivity contribution in [2.24, 2.45) is 0 Å². The summed E-state index contributed by atoms with van der Waals surface area (Å²) in [6.45, 7) is 3.59. The molecular weight excluding hydrogens is 316 g/mol. The molecule has 2 heterocycles. The van der Waals surface area contributed by atoms with Crippen molar-refractivity contribution >= 4 is 5.91 Å². The van der Waals surface area contributed by atoms with Gasteiger partial charge in [0.2, 0.25) is 0 Å². The number of aryl methyl sites for hydroxylation is 1. The zero-order chi connectivity index (χ0) is 17.4. The maximum Gasteiger partial charge on any atom is 0.255 e. The van der Waals surface area contributed by atoms with Gasteiger partial charge in [0.15, 0.2) is 0 Å². The van der Waals surface area contributed by atoms with Crippen molar-refractivity contribution in [2.75, 3.05) is 13.1 Å². The van der Waals surface area contributed by atoms with Crippen LogP contribution < -0.4 is 5.32 Å². The Labute approximate surface area is 147 Å². The second-order valence-corrected chi connectivity index (χ2v) is 7.09. The first kappa shape index (κ1) is 16.4. The molecule has 1 amide bonds. The van der Waals surface area contributed by atoms with Crippen molar-refractivity contribution in [1.82, 2.24) is 10.2 Å². The second-order valence-electron chi connectivity index (χ2n) is 7.09. The van der Waals surface area contributed by atoms with Crippen LogP contribution in [-0.2, 0) is 6.42 Å². The molecule has 1 aromatic carbocycles. The van der Waals surface area contributed by atoms with E-state index in [-0.39, 0.29) is 18.0 Å². The number of furan rings is 1. The molecule has 1 aliphatic heterocycles. The molecule has 2 atom stereocenters. The maximum atomic E-state index is 12.3. The molecule has 1 aromatic heterocycles. The Morgan fingerprint density at radius 1 is 1.24 bits per heavy atom. The summed E-state index contributed by atoms with van der Waals surface area (Å²) in [6, 6.07) is 10.2. The van der Waals surface area contributed by atoms with E-state index < -0.39 is 6.10 Å². The van der Waals surface area contributed by atoms with Gasteiger partial charge in [0.1, 0.15) is 5.76 Å². The molecule has 5 nitrogen and oxygen atoms in total. The van der Waals surface area contributed by atoms with Gasteiger partial charge in [-0.25, -0.2) is 0 Å². The third-order valence-electron chi connectivity index (χ3n) is 5.60. The number of hydrogen-bond donors (Lipinski definition) is 2. The number of piperidine rings is 1. The van der Waals surface area contributed by atoms with Crippen LogP contribution in [0, 0.1) is 6.92 Å². The van der Waals surface area contributed by atoms with Gasteiger partial charge >= 0.3 is 0 Å².